The van der Waals surface area contributed by atoms with Gasteiger partial charge >= 0.3 is 0 Å². The smallest absolute Gasteiger partial charge is 0.133 e. The SMILES string of the molecule is CCOc1ccc([C@H](O)CN2CCC3(CC2)C[C@@H](O)c2ccc4ccccc4c2O3)cc1. The molecule has 1 spiro atoms. The third-order valence-electron chi connectivity index (χ3n) is 6.93. The largest absolute Gasteiger partial charge is 0.494 e. The zero-order valence-corrected chi connectivity index (χ0v) is 18.5. The van der Waals surface area contributed by atoms with Crippen LogP contribution in [0.1, 0.15) is 49.5 Å². The predicted octanol–water partition coefficient (Wildman–Crippen LogP) is 4.62. The van der Waals surface area contributed by atoms with Gasteiger partial charge in [-0.05, 0) is 42.8 Å². The van der Waals surface area contributed by atoms with E-state index in [1.165, 1.54) is 0 Å². The molecule has 0 bridgehead atoms. The van der Waals surface area contributed by atoms with Crippen molar-refractivity contribution in [1.29, 1.82) is 0 Å². The van der Waals surface area contributed by atoms with Crippen molar-refractivity contribution in [3.8, 4) is 11.5 Å². The van der Waals surface area contributed by atoms with E-state index in [1.54, 1.807) is 0 Å². The van der Waals surface area contributed by atoms with Gasteiger partial charge in [0.05, 0.1) is 18.8 Å². The Morgan fingerprint density at radius 2 is 1.81 bits per heavy atom. The molecule has 0 radical (unpaired) electrons. The standard InChI is InChI=1S/C27H31NO4/c1-2-31-21-10-7-20(8-11-21)25(30)18-28-15-13-27(14-16-28)17-24(29)23-12-9-19-5-3-4-6-22(19)26(23)32-27/h3-12,24-25,29-30H,2,13-18H2,1H3/t24-,25-/m1/s1. The lowest BCUT2D eigenvalue weighted by atomic mass is 9.81. The Morgan fingerprint density at radius 1 is 1.06 bits per heavy atom. The summed E-state index contributed by atoms with van der Waals surface area (Å²) in [6.07, 6.45) is 1.24. The first-order valence-corrected chi connectivity index (χ1v) is 11.6. The molecule has 0 unspecified atom stereocenters. The van der Waals surface area contributed by atoms with Crippen LogP contribution in [0.25, 0.3) is 10.8 Å². The highest BCUT2D eigenvalue weighted by molar-refractivity contribution is 5.90. The van der Waals surface area contributed by atoms with Crippen LogP contribution in [-0.4, -0.2) is 47.0 Å². The normalized spacial score (nSPS) is 21.2. The number of benzene rings is 3. The van der Waals surface area contributed by atoms with Crippen LogP contribution in [-0.2, 0) is 0 Å². The number of rotatable bonds is 5. The van der Waals surface area contributed by atoms with E-state index in [0.717, 1.165) is 59.3 Å². The maximum Gasteiger partial charge on any atom is 0.133 e. The molecule has 3 aromatic rings. The van der Waals surface area contributed by atoms with Gasteiger partial charge in [-0.25, -0.2) is 0 Å². The van der Waals surface area contributed by atoms with Gasteiger partial charge in [0.25, 0.3) is 0 Å². The molecule has 3 aromatic carbocycles. The Labute approximate surface area is 189 Å². The quantitative estimate of drug-likeness (QED) is 0.615. The van der Waals surface area contributed by atoms with E-state index in [9.17, 15) is 10.2 Å². The molecule has 0 aromatic heterocycles. The summed E-state index contributed by atoms with van der Waals surface area (Å²) in [7, 11) is 0. The Kier molecular flexibility index (Phi) is 5.80. The first-order valence-electron chi connectivity index (χ1n) is 11.6. The molecule has 5 heteroatoms. The van der Waals surface area contributed by atoms with Crippen LogP contribution in [0.2, 0.25) is 0 Å². The lowest BCUT2D eigenvalue weighted by Crippen LogP contribution is -2.51. The third kappa shape index (κ3) is 4.08. The molecule has 0 saturated carbocycles. The number of hydrogen-bond donors (Lipinski definition) is 2. The number of β-amino-alcohol motifs (C(OH)–C–C–N with tert-alkyl or cyclic N) is 1. The van der Waals surface area contributed by atoms with E-state index in [4.69, 9.17) is 9.47 Å². The number of ether oxygens (including phenoxy) is 2. The van der Waals surface area contributed by atoms with Crippen molar-refractivity contribution in [3.05, 3.63) is 71.8 Å². The van der Waals surface area contributed by atoms with Crippen LogP contribution in [0, 0.1) is 0 Å². The summed E-state index contributed by atoms with van der Waals surface area (Å²) < 4.78 is 12.1. The third-order valence-corrected chi connectivity index (χ3v) is 6.93. The van der Waals surface area contributed by atoms with Crippen molar-refractivity contribution >= 4 is 10.8 Å². The van der Waals surface area contributed by atoms with Crippen LogP contribution in [0.4, 0.5) is 0 Å². The highest BCUT2D eigenvalue weighted by atomic mass is 16.5. The van der Waals surface area contributed by atoms with E-state index in [1.807, 2.05) is 49.4 Å². The van der Waals surface area contributed by atoms with Crippen molar-refractivity contribution in [1.82, 2.24) is 4.90 Å². The molecule has 2 heterocycles. The summed E-state index contributed by atoms with van der Waals surface area (Å²) in [5.74, 6) is 1.66. The minimum Gasteiger partial charge on any atom is -0.494 e. The van der Waals surface area contributed by atoms with Gasteiger partial charge in [0.15, 0.2) is 0 Å². The van der Waals surface area contributed by atoms with Crippen molar-refractivity contribution < 1.29 is 19.7 Å². The molecule has 2 N–H and O–H groups in total. The Bertz CT molecular complexity index is 1070. The lowest BCUT2D eigenvalue weighted by Gasteiger charge is -2.46. The van der Waals surface area contributed by atoms with E-state index in [-0.39, 0.29) is 5.60 Å². The van der Waals surface area contributed by atoms with Gasteiger partial charge in [-0.3, -0.25) is 0 Å². The van der Waals surface area contributed by atoms with Crippen LogP contribution in [0.3, 0.4) is 0 Å². The highest BCUT2D eigenvalue weighted by Gasteiger charge is 2.43. The molecule has 2 aliphatic rings. The number of fused-ring (bicyclic) bond motifs is 3. The minimum atomic E-state index is -0.540. The Balaban J connectivity index is 1.26. The summed E-state index contributed by atoms with van der Waals surface area (Å²) >= 11 is 0. The average Bonchev–Trinajstić information content (AvgIpc) is 2.81. The topological polar surface area (TPSA) is 62.2 Å². The van der Waals surface area contributed by atoms with Crippen LogP contribution >= 0.6 is 0 Å². The van der Waals surface area contributed by atoms with E-state index in [0.29, 0.717) is 19.6 Å². The zero-order chi connectivity index (χ0) is 22.1. The van der Waals surface area contributed by atoms with Gasteiger partial charge in [0.1, 0.15) is 17.1 Å². The molecule has 5 nitrogen and oxygen atoms in total. The predicted molar refractivity (Wildman–Crippen MR) is 125 cm³/mol. The molecule has 1 saturated heterocycles. The van der Waals surface area contributed by atoms with Crippen molar-refractivity contribution in [2.45, 2.75) is 44.0 Å². The second-order valence-corrected chi connectivity index (χ2v) is 9.03. The maximum atomic E-state index is 10.9. The van der Waals surface area contributed by atoms with Gasteiger partial charge in [-0.2, -0.15) is 0 Å². The molecule has 32 heavy (non-hydrogen) atoms. The van der Waals surface area contributed by atoms with Gasteiger partial charge in [-0.15, -0.1) is 0 Å². The molecule has 5 rings (SSSR count). The van der Waals surface area contributed by atoms with Crippen LogP contribution < -0.4 is 9.47 Å². The summed E-state index contributed by atoms with van der Waals surface area (Å²) in [4.78, 5) is 2.29. The lowest BCUT2D eigenvalue weighted by molar-refractivity contribution is -0.0577. The maximum absolute atomic E-state index is 10.9. The Hall–Kier alpha value is -2.60. The van der Waals surface area contributed by atoms with Crippen molar-refractivity contribution in [3.63, 3.8) is 0 Å². The molecule has 168 valence electrons. The van der Waals surface area contributed by atoms with Gasteiger partial charge in [0, 0.05) is 37.0 Å². The summed E-state index contributed by atoms with van der Waals surface area (Å²) in [5.41, 5.74) is 1.44. The van der Waals surface area contributed by atoms with Gasteiger partial charge in [-0.1, -0.05) is 48.5 Å². The van der Waals surface area contributed by atoms with Crippen molar-refractivity contribution in [2.75, 3.05) is 26.2 Å². The average molecular weight is 434 g/mol. The number of nitrogens with zero attached hydrogens (tertiary/aromatic N) is 1. The first-order chi connectivity index (χ1) is 15.6. The second-order valence-electron chi connectivity index (χ2n) is 9.03. The molecular weight excluding hydrogens is 402 g/mol. The molecule has 0 amide bonds. The fourth-order valence-electron chi connectivity index (χ4n) is 5.11. The second kappa shape index (κ2) is 8.74. The van der Waals surface area contributed by atoms with E-state index < -0.39 is 12.2 Å². The number of aliphatic hydroxyl groups excluding tert-OH is 2. The molecule has 2 atom stereocenters. The van der Waals surface area contributed by atoms with Crippen LogP contribution in [0.5, 0.6) is 11.5 Å². The number of hydrogen-bond acceptors (Lipinski definition) is 5. The zero-order valence-electron chi connectivity index (χ0n) is 18.5. The van der Waals surface area contributed by atoms with E-state index >= 15 is 0 Å². The van der Waals surface area contributed by atoms with Gasteiger partial charge in [0.2, 0.25) is 0 Å². The number of piperidine rings is 1. The number of likely N-dealkylation sites (tertiary alicyclic amines) is 1. The highest BCUT2D eigenvalue weighted by Crippen LogP contribution is 2.47. The molecule has 1 fully saturated rings. The number of aliphatic hydroxyl groups is 2. The summed E-state index contributed by atoms with van der Waals surface area (Å²) in [6.45, 7) is 4.85. The Morgan fingerprint density at radius 3 is 2.56 bits per heavy atom. The fourth-order valence-corrected chi connectivity index (χ4v) is 5.11. The molecule has 0 aliphatic carbocycles. The fraction of sp³-hybridized carbons (Fsp3) is 0.407. The minimum absolute atomic E-state index is 0.350. The summed E-state index contributed by atoms with van der Waals surface area (Å²) in [6, 6.07) is 19.9. The monoisotopic (exact) mass is 433 g/mol. The van der Waals surface area contributed by atoms with Crippen molar-refractivity contribution in [2.24, 2.45) is 0 Å². The molecular formula is C27H31NO4. The van der Waals surface area contributed by atoms with E-state index in [2.05, 4.69) is 23.1 Å². The summed E-state index contributed by atoms with van der Waals surface area (Å²) in [5, 5.41) is 23.8. The van der Waals surface area contributed by atoms with Crippen LogP contribution in [0.15, 0.2) is 60.7 Å². The first kappa shape index (κ1) is 21.3. The van der Waals surface area contributed by atoms with Gasteiger partial charge < -0.3 is 24.6 Å². The molecule has 2 aliphatic heterocycles.